The molecule has 0 unspecified atom stereocenters. The molecule has 5 aromatic rings. The van der Waals surface area contributed by atoms with Crippen molar-refractivity contribution in [3.8, 4) is 11.1 Å². The maximum Gasteiger partial charge on any atom is 0.296 e. The fraction of sp³-hybridized carbons (Fsp3) is 0.171. The number of ketones is 2. The SMILES string of the molecule is CCN(CC)CCS(=O)(=O)c1ccc(S(=O)(=O)O)c(Nc2cc(S(=O)(=O)O)c3[nH]c(=O)c(C(=O)c4ccccc4)c4c3c2C(=O)c2ccccc2-4)c1. The highest BCUT2D eigenvalue weighted by atomic mass is 32.2. The molecule has 0 saturated carbocycles. The van der Waals surface area contributed by atoms with Crippen molar-refractivity contribution < 1.29 is 43.9 Å². The van der Waals surface area contributed by atoms with Crippen molar-refractivity contribution >= 4 is 63.9 Å². The first-order chi connectivity index (χ1) is 24.5. The Balaban J connectivity index is 1.68. The van der Waals surface area contributed by atoms with Crippen molar-refractivity contribution in [3.63, 3.8) is 0 Å². The Morgan fingerprint density at radius 1 is 0.750 bits per heavy atom. The number of nitrogens with zero attached hydrogens (tertiary/aromatic N) is 1. The number of anilines is 2. The summed E-state index contributed by atoms with van der Waals surface area (Å²) in [6, 6.07) is 17.2. The molecule has 52 heavy (non-hydrogen) atoms. The van der Waals surface area contributed by atoms with Crippen LogP contribution in [0.25, 0.3) is 22.0 Å². The zero-order valence-electron chi connectivity index (χ0n) is 27.6. The van der Waals surface area contributed by atoms with Crippen LogP contribution in [0.2, 0.25) is 0 Å². The van der Waals surface area contributed by atoms with Crippen LogP contribution in [0, 0.1) is 0 Å². The molecular formula is C35H31N3O11S3. The number of hydrogen-bond donors (Lipinski definition) is 4. The lowest BCUT2D eigenvalue weighted by atomic mass is 9.80. The molecule has 4 N–H and O–H groups in total. The number of aromatic amines is 1. The van der Waals surface area contributed by atoms with Crippen LogP contribution in [0.4, 0.5) is 11.4 Å². The summed E-state index contributed by atoms with van der Waals surface area (Å²) in [7, 11) is -14.4. The first kappa shape index (κ1) is 36.7. The molecule has 17 heteroatoms. The molecule has 6 rings (SSSR count). The Morgan fingerprint density at radius 2 is 1.37 bits per heavy atom. The fourth-order valence-corrected chi connectivity index (χ4v) is 8.93. The van der Waals surface area contributed by atoms with Crippen molar-refractivity contribution in [2.45, 2.75) is 28.5 Å². The van der Waals surface area contributed by atoms with E-state index in [1.165, 1.54) is 36.4 Å². The minimum atomic E-state index is -5.22. The third kappa shape index (κ3) is 6.57. The smallest absolute Gasteiger partial charge is 0.296 e. The van der Waals surface area contributed by atoms with Crippen LogP contribution in [-0.2, 0) is 30.1 Å². The second-order valence-electron chi connectivity index (χ2n) is 11.9. The lowest BCUT2D eigenvalue weighted by Crippen LogP contribution is -2.29. The van der Waals surface area contributed by atoms with Gasteiger partial charge in [0.2, 0.25) is 0 Å². The van der Waals surface area contributed by atoms with Gasteiger partial charge >= 0.3 is 0 Å². The molecule has 0 fully saturated rings. The van der Waals surface area contributed by atoms with Crippen molar-refractivity contribution in [1.29, 1.82) is 0 Å². The van der Waals surface area contributed by atoms with Gasteiger partial charge in [0, 0.05) is 28.6 Å². The van der Waals surface area contributed by atoms with Crippen LogP contribution in [0.1, 0.15) is 45.7 Å². The van der Waals surface area contributed by atoms with E-state index >= 15 is 0 Å². The van der Waals surface area contributed by atoms with Crippen LogP contribution in [0.15, 0.2) is 98.3 Å². The maximum atomic E-state index is 14.3. The van der Waals surface area contributed by atoms with Crippen LogP contribution < -0.4 is 10.9 Å². The Bertz CT molecular complexity index is 2710. The second-order valence-corrected chi connectivity index (χ2v) is 16.8. The van der Waals surface area contributed by atoms with Crippen molar-refractivity contribution in [2.75, 3.05) is 30.7 Å². The minimum absolute atomic E-state index is 0.00518. The second kappa shape index (κ2) is 13.5. The zero-order valence-corrected chi connectivity index (χ0v) is 30.0. The van der Waals surface area contributed by atoms with E-state index in [-0.39, 0.29) is 50.4 Å². The number of hydrogen-bond acceptors (Lipinski definition) is 11. The fourth-order valence-electron chi connectivity index (χ4n) is 6.32. The first-order valence-corrected chi connectivity index (χ1v) is 20.3. The van der Waals surface area contributed by atoms with E-state index in [9.17, 15) is 48.7 Å². The van der Waals surface area contributed by atoms with Gasteiger partial charge in [0.25, 0.3) is 25.8 Å². The minimum Gasteiger partial charge on any atom is -0.354 e. The summed E-state index contributed by atoms with van der Waals surface area (Å²) in [5, 5.41) is 2.37. The molecule has 0 atom stereocenters. The van der Waals surface area contributed by atoms with Crippen molar-refractivity contribution in [2.24, 2.45) is 0 Å². The predicted molar refractivity (Wildman–Crippen MR) is 193 cm³/mol. The van der Waals surface area contributed by atoms with Gasteiger partial charge in [-0.2, -0.15) is 16.8 Å². The lowest BCUT2D eigenvalue weighted by molar-refractivity contribution is 0.102. The van der Waals surface area contributed by atoms with Crippen LogP contribution in [-0.4, -0.2) is 81.2 Å². The molecule has 1 heterocycles. The average molecular weight is 766 g/mol. The number of rotatable bonds is 12. The highest BCUT2D eigenvalue weighted by Gasteiger charge is 2.36. The quantitative estimate of drug-likeness (QED) is 0.101. The summed E-state index contributed by atoms with van der Waals surface area (Å²) < 4.78 is 98.2. The van der Waals surface area contributed by atoms with Crippen LogP contribution >= 0.6 is 0 Å². The standard InChI is InChI=1S/C35H31N3O11S3/c1-3-38(4-2)16-17-50(42,43)21-14-15-26(51(44,45)46)24(18-21)36-25-19-27(52(47,48)49)32-30-28(22-12-8-9-13-23(22)34(40)29(25)30)31(35(41)37-32)33(39)20-10-6-5-7-11-20/h5-15,18-19,36H,3-4,16-17H2,1-2H3,(H,37,41)(H,44,45,46)(H,47,48,49). The zero-order chi connectivity index (χ0) is 37.7. The van der Waals surface area contributed by atoms with E-state index in [2.05, 4.69) is 10.3 Å². The molecule has 0 radical (unpaired) electrons. The van der Waals surface area contributed by atoms with Gasteiger partial charge in [-0.3, -0.25) is 23.5 Å². The summed E-state index contributed by atoms with van der Waals surface area (Å²) in [5.41, 5.74) is -3.26. The van der Waals surface area contributed by atoms with Gasteiger partial charge in [0.1, 0.15) is 9.79 Å². The number of pyridine rings is 1. The number of nitrogens with one attached hydrogen (secondary N) is 2. The van der Waals surface area contributed by atoms with E-state index in [1.807, 2.05) is 18.7 Å². The summed E-state index contributed by atoms with van der Waals surface area (Å²) in [5.74, 6) is -1.87. The molecule has 270 valence electrons. The van der Waals surface area contributed by atoms with Crippen LogP contribution in [0.5, 0.6) is 0 Å². The first-order valence-electron chi connectivity index (χ1n) is 15.8. The van der Waals surface area contributed by atoms with Gasteiger partial charge in [-0.05, 0) is 42.9 Å². The van der Waals surface area contributed by atoms with Crippen molar-refractivity contribution in [3.05, 3.63) is 111 Å². The number of H-pyrrole nitrogens is 1. The van der Waals surface area contributed by atoms with Gasteiger partial charge in [-0.1, -0.05) is 68.4 Å². The number of aromatic nitrogens is 1. The van der Waals surface area contributed by atoms with Gasteiger partial charge in [-0.25, -0.2) is 8.42 Å². The van der Waals surface area contributed by atoms with Gasteiger partial charge in [0.05, 0.1) is 38.7 Å². The largest absolute Gasteiger partial charge is 0.354 e. The lowest BCUT2D eigenvalue weighted by Gasteiger charge is -2.25. The Morgan fingerprint density at radius 3 is 1.98 bits per heavy atom. The van der Waals surface area contributed by atoms with Gasteiger partial charge < -0.3 is 15.2 Å². The average Bonchev–Trinajstić information content (AvgIpc) is 3.10. The third-order valence-electron chi connectivity index (χ3n) is 8.89. The third-order valence-corrected chi connectivity index (χ3v) is 12.4. The van der Waals surface area contributed by atoms with Gasteiger partial charge in [0.15, 0.2) is 21.4 Å². The van der Waals surface area contributed by atoms with Gasteiger partial charge in [-0.15, -0.1) is 0 Å². The van der Waals surface area contributed by atoms with E-state index in [0.29, 0.717) is 13.1 Å². The molecule has 0 saturated heterocycles. The molecule has 4 aromatic carbocycles. The molecule has 1 aliphatic rings. The molecule has 0 bridgehead atoms. The number of carbonyl (C=O) groups excluding carboxylic acids is 2. The molecule has 14 nitrogen and oxygen atoms in total. The predicted octanol–water partition coefficient (Wildman–Crippen LogP) is 4.32. The normalized spacial score (nSPS) is 13.0. The summed E-state index contributed by atoms with van der Waals surface area (Å²) >= 11 is 0. The molecule has 0 amide bonds. The van der Waals surface area contributed by atoms with Crippen LogP contribution in [0.3, 0.4) is 0 Å². The Hall–Kier alpha value is -5.04. The van der Waals surface area contributed by atoms with Crippen molar-refractivity contribution in [1.82, 2.24) is 9.88 Å². The number of sulfone groups is 1. The molecule has 1 aromatic heterocycles. The van der Waals surface area contributed by atoms with E-state index in [1.54, 1.807) is 18.2 Å². The number of carbonyl (C=O) groups is 2. The molecule has 0 aliphatic heterocycles. The van der Waals surface area contributed by atoms with E-state index in [4.69, 9.17) is 0 Å². The Labute approximate surface area is 298 Å². The maximum absolute atomic E-state index is 14.3. The summed E-state index contributed by atoms with van der Waals surface area (Å²) in [6.07, 6.45) is 0. The number of benzene rings is 4. The Kier molecular flexibility index (Phi) is 9.54. The molecule has 0 spiro atoms. The monoisotopic (exact) mass is 765 g/mol. The summed E-state index contributed by atoms with van der Waals surface area (Å²) in [4.78, 5) is 44.1. The van der Waals surface area contributed by atoms with E-state index < -0.39 is 79.4 Å². The number of fused-ring (bicyclic) bond motifs is 2. The van der Waals surface area contributed by atoms with E-state index in [0.717, 1.165) is 24.3 Å². The highest BCUT2D eigenvalue weighted by Crippen LogP contribution is 2.46. The molecular weight excluding hydrogens is 735 g/mol. The molecule has 1 aliphatic carbocycles. The summed E-state index contributed by atoms with van der Waals surface area (Å²) in [6.45, 7) is 5.02. The topological polar surface area (TPSA) is 225 Å². The highest BCUT2D eigenvalue weighted by molar-refractivity contribution is 7.91.